The molecule has 26 heavy (non-hydrogen) atoms. The number of amides is 1. The standard InChI is InChI=1S/C20H26N4O2/c1-22(2)13-19(25)18-11-17-12-23(8-9-24(17)21-18)20(26)16-7-6-14-4-3-5-15(14)10-16/h6-7,10-11,19,25H,3-5,8-9,12-13H2,1-2H3/t19-/m0/s1. The fourth-order valence-corrected chi connectivity index (χ4v) is 3.95. The maximum atomic E-state index is 12.9. The second kappa shape index (κ2) is 6.85. The summed E-state index contributed by atoms with van der Waals surface area (Å²) < 4.78 is 1.92. The Bertz CT molecular complexity index is 827. The number of nitrogens with zero attached hydrogens (tertiary/aromatic N) is 4. The second-order valence-corrected chi connectivity index (χ2v) is 7.63. The molecule has 1 atom stereocenters. The van der Waals surface area contributed by atoms with Crippen LogP contribution in [0.2, 0.25) is 0 Å². The number of fused-ring (bicyclic) bond motifs is 2. The average molecular weight is 354 g/mol. The summed E-state index contributed by atoms with van der Waals surface area (Å²) in [6.07, 6.45) is 2.79. The number of carbonyl (C=O) groups is 1. The number of carbonyl (C=O) groups excluding carboxylic acids is 1. The van der Waals surface area contributed by atoms with E-state index in [1.807, 2.05) is 40.7 Å². The molecule has 0 bridgehead atoms. The first-order chi connectivity index (χ1) is 12.5. The average Bonchev–Trinajstić information content (AvgIpc) is 3.25. The van der Waals surface area contributed by atoms with Crippen molar-refractivity contribution < 1.29 is 9.90 Å². The monoisotopic (exact) mass is 354 g/mol. The van der Waals surface area contributed by atoms with E-state index in [1.54, 1.807) is 0 Å². The summed E-state index contributed by atoms with van der Waals surface area (Å²) in [4.78, 5) is 16.8. The Morgan fingerprint density at radius 1 is 1.23 bits per heavy atom. The van der Waals surface area contributed by atoms with Crippen LogP contribution in [0.15, 0.2) is 24.3 Å². The van der Waals surface area contributed by atoms with Gasteiger partial charge in [-0.05, 0) is 62.7 Å². The normalized spacial score (nSPS) is 17.3. The zero-order chi connectivity index (χ0) is 18.3. The smallest absolute Gasteiger partial charge is 0.254 e. The molecule has 0 saturated carbocycles. The summed E-state index contributed by atoms with van der Waals surface area (Å²) in [6.45, 7) is 2.39. The molecule has 6 heteroatoms. The fraction of sp³-hybridized carbons (Fsp3) is 0.500. The number of hydrogen-bond donors (Lipinski definition) is 1. The van der Waals surface area contributed by atoms with Crippen LogP contribution in [-0.2, 0) is 25.9 Å². The molecule has 1 aliphatic carbocycles. The van der Waals surface area contributed by atoms with Crippen LogP contribution in [0.4, 0.5) is 0 Å². The lowest BCUT2D eigenvalue weighted by molar-refractivity contribution is 0.0705. The minimum atomic E-state index is -0.607. The molecule has 0 unspecified atom stereocenters. The largest absolute Gasteiger partial charge is 0.385 e. The molecule has 0 spiro atoms. The number of aryl methyl sites for hydroxylation is 2. The SMILES string of the molecule is CN(C)C[C@H](O)c1cc2n(n1)CCN(C(=O)c1ccc3c(c1)CCC3)C2. The second-order valence-electron chi connectivity index (χ2n) is 7.63. The minimum absolute atomic E-state index is 0.0857. The summed E-state index contributed by atoms with van der Waals surface area (Å²) in [6, 6.07) is 8.07. The third-order valence-electron chi connectivity index (χ3n) is 5.33. The Balaban J connectivity index is 1.49. The molecule has 0 radical (unpaired) electrons. The Morgan fingerprint density at radius 2 is 2.04 bits per heavy atom. The lowest BCUT2D eigenvalue weighted by Gasteiger charge is -2.28. The third-order valence-corrected chi connectivity index (χ3v) is 5.33. The van der Waals surface area contributed by atoms with E-state index < -0.39 is 6.10 Å². The Morgan fingerprint density at radius 3 is 2.85 bits per heavy atom. The highest BCUT2D eigenvalue weighted by Gasteiger charge is 2.25. The highest BCUT2D eigenvalue weighted by molar-refractivity contribution is 5.94. The van der Waals surface area contributed by atoms with Gasteiger partial charge >= 0.3 is 0 Å². The lowest BCUT2D eigenvalue weighted by atomic mass is 10.1. The zero-order valence-corrected chi connectivity index (χ0v) is 15.5. The molecule has 2 heterocycles. The van der Waals surface area contributed by atoms with Crippen LogP contribution in [-0.4, -0.2) is 57.8 Å². The van der Waals surface area contributed by atoms with Crippen LogP contribution in [0.3, 0.4) is 0 Å². The van der Waals surface area contributed by atoms with Crippen molar-refractivity contribution in [2.45, 2.75) is 38.5 Å². The molecule has 4 rings (SSSR count). The van der Waals surface area contributed by atoms with E-state index in [-0.39, 0.29) is 5.91 Å². The summed E-state index contributed by atoms with van der Waals surface area (Å²) in [5, 5.41) is 14.8. The van der Waals surface area contributed by atoms with Crippen LogP contribution in [0.5, 0.6) is 0 Å². The fourth-order valence-electron chi connectivity index (χ4n) is 3.95. The van der Waals surface area contributed by atoms with Gasteiger partial charge in [-0.25, -0.2) is 0 Å². The van der Waals surface area contributed by atoms with Crippen molar-refractivity contribution in [2.24, 2.45) is 0 Å². The molecule has 6 nitrogen and oxygen atoms in total. The van der Waals surface area contributed by atoms with Gasteiger partial charge in [0.15, 0.2) is 0 Å². The first-order valence-electron chi connectivity index (χ1n) is 9.32. The zero-order valence-electron chi connectivity index (χ0n) is 15.5. The van der Waals surface area contributed by atoms with Crippen LogP contribution in [0, 0.1) is 0 Å². The van der Waals surface area contributed by atoms with E-state index in [2.05, 4.69) is 17.2 Å². The van der Waals surface area contributed by atoms with Gasteiger partial charge in [-0.15, -0.1) is 0 Å². The summed E-state index contributed by atoms with van der Waals surface area (Å²) in [7, 11) is 3.85. The number of aliphatic hydroxyl groups is 1. The van der Waals surface area contributed by atoms with Gasteiger partial charge in [-0.1, -0.05) is 6.07 Å². The minimum Gasteiger partial charge on any atom is -0.385 e. The Kier molecular flexibility index (Phi) is 4.54. The quantitative estimate of drug-likeness (QED) is 0.906. The molecule has 0 fully saturated rings. The third kappa shape index (κ3) is 3.27. The predicted molar refractivity (Wildman–Crippen MR) is 98.9 cm³/mol. The summed E-state index contributed by atoms with van der Waals surface area (Å²) in [5.74, 6) is 0.0857. The van der Waals surface area contributed by atoms with Gasteiger partial charge in [0.2, 0.25) is 0 Å². The van der Waals surface area contributed by atoms with E-state index >= 15 is 0 Å². The van der Waals surface area contributed by atoms with E-state index in [0.717, 1.165) is 24.1 Å². The molecular weight excluding hydrogens is 328 g/mol. The van der Waals surface area contributed by atoms with Gasteiger partial charge in [0.05, 0.1) is 24.5 Å². The molecule has 1 amide bonds. The highest BCUT2D eigenvalue weighted by atomic mass is 16.3. The molecule has 0 saturated heterocycles. The van der Waals surface area contributed by atoms with Crippen molar-refractivity contribution in [3.05, 3.63) is 52.3 Å². The van der Waals surface area contributed by atoms with Crippen LogP contribution < -0.4 is 0 Å². The van der Waals surface area contributed by atoms with Crippen LogP contribution >= 0.6 is 0 Å². The van der Waals surface area contributed by atoms with Crippen molar-refractivity contribution >= 4 is 5.91 Å². The Hall–Kier alpha value is -2.18. The predicted octanol–water partition coefficient (Wildman–Crippen LogP) is 1.62. The van der Waals surface area contributed by atoms with E-state index in [4.69, 9.17) is 0 Å². The van der Waals surface area contributed by atoms with Gasteiger partial charge in [0, 0.05) is 18.7 Å². The first-order valence-corrected chi connectivity index (χ1v) is 9.32. The highest BCUT2D eigenvalue weighted by Crippen LogP contribution is 2.25. The van der Waals surface area contributed by atoms with Crippen LogP contribution in [0.25, 0.3) is 0 Å². The van der Waals surface area contributed by atoms with E-state index in [1.165, 1.54) is 17.5 Å². The van der Waals surface area contributed by atoms with Crippen molar-refractivity contribution in [3.8, 4) is 0 Å². The lowest BCUT2D eigenvalue weighted by Crippen LogP contribution is -2.38. The molecule has 2 aliphatic rings. The number of benzene rings is 1. The van der Waals surface area contributed by atoms with Crippen molar-refractivity contribution in [3.63, 3.8) is 0 Å². The molecule has 1 aromatic carbocycles. The van der Waals surface area contributed by atoms with Gasteiger partial charge in [-0.3, -0.25) is 9.48 Å². The van der Waals surface area contributed by atoms with Gasteiger partial charge < -0.3 is 14.9 Å². The summed E-state index contributed by atoms with van der Waals surface area (Å²) in [5.41, 5.74) is 5.16. The molecular formula is C20H26N4O2. The molecule has 138 valence electrons. The Labute approximate surface area is 154 Å². The molecule has 2 aromatic rings. The number of aliphatic hydroxyl groups excluding tert-OH is 1. The van der Waals surface area contributed by atoms with Gasteiger partial charge in [0.1, 0.15) is 6.10 Å². The van der Waals surface area contributed by atoms with Crippen molar-refractivity contribution in [1.29, 1.82) is 0 Å². The maximum absolute atomic E-state index is 12.9. The van der Waals surface area contributed by atoms with Crippen LogP contribution in [0.1, 0.15) is 45.4 Å². The topological polar surface area (TPSA) is 61.6 Å². The van der Waals surface area contributed by atoms with Gasteiger partial charge in [-0.2, -0.15) is 5.10 Å². The van der Waals surface area contributed by atoms with Gasteiger partial charge in [0.25, 0.3) is 5.91 Å². The molecule has 1 N–H and O–H groups in total. The number of aromatic nitrogens is 2. The number of rotatable bonds is 4. The van der Waals surface area contributed by atoms with E-state index in [0.29, 0.717) is 31.9 Å². The van der Waals surface area contributed by atoms with Crippen molar-refractivity contribution in [2.75, 3.05) is 27.2 Å². The number of hydrogen-bond acceptors (Lipinski definition) is 4. The van der Waals surface area contributed by atoms with E-state index in [9.17, 15) is 9.90 Å². The number of likely N-dealkylation sites (N-methyl/N-ethyl adjacent to an activating group) is 1. The first kappa shape index (κ1) is 17.2. The molecule has 1 aliphatic heterocycles. The molecule has 1 aromatic heterocycles. The van der Waals surface area contributed by atoms with Crippen molar-refractivity contribution in [1.82, 2.24) is 19.6 Å². The summed E-state index contributed by atoms with van der Waals surface area (Å²) >= 11 is 0. The maximum Gasteiger partial charge on any atom is 0.254 e.